The molecule has 1 aliphatic heterocycles. The summed E-state index contributed by atoms with van der Waals surface area (Å²) in [5, 5.41) is 2.88. The summed E-state index contributed by atoms with van der Waals surface area (Å²) in [5.41, 5.74) is 2.05. The van der Waals surface area contributed by atoms with Crippen molar-refractivity contribution in [2.75, 3.05) is 19.6 Å². The number of nitrogens with zero attached hydrogens (tertiary/aromatic N) is 4. The zero-order valence-electron chi connectivity index (χ0n) is 16.9. The zero-order chi connectivity index (χ0) is 21.0. The van der Waals surface area contributed by atoms with Crippen LogP contribution in [0.5, 0.6) is 0 Å². The maximum Gasteiger partial charge on any atom is 0.240 e. The highest BCUT2D eigenvalue weighted by Crippen LogP contribution is 2.23. The largest absolute Gasteiger partial charge is 0.297 e. The van der Waals surface area contributed by atoms with Crippen molar-refractivity contribution in [3.05, 3.63) is 59.4 Å². The van der Waals surface area contributed by atoms with E-state index in [2.05, 4.69) is 30.0 Å². The molecule has 0 spiro atoms. The highest BCUT2D eigenvalue weighted by Gasteiger charge is 2.23. The number of benzene rings is 1. The summed E-state index contributed by atoms with van der Waals surface area (Å²) in [7, 11) is -3.47. The molecule has 9 heteroatoms. The minimum Gasteiger partial charge on any atom is -0.297 e. The van der Waals surface area contributed by atoms with Crippen LogP contribution < -0.4 is 4.72 Å². The molecular formula is C21H25N5O2S2. The monoisotopic (exact) mass is 443 g/mol. The Bertz CT molecular complexity index is 1070. The second kappa shape index (κ2) is 9.30. The van der Waals surface area contributed by atoms with Gasteiger partial charge in [-0.15, -0.1) is 11.3 Å². The number of hydrogen-bond donors (Lipinski definition) is 1. The lowest BCUT2D eigenvalue weighted by atomic mass is 9.98. The van der Waals surface area contributed by atoms with E-state index in [9.17, 15) is 8.42 Å². The van der Waals surface area contributed by atoms with E-state index < -0.39 is 10.0 Å². The van der Waals surface area contributed by atoms with E-state index in [0.717, 1.165) is 48.7 Å². The van der Waals surface area contributed by atoms with Crippen molar-refractivity contribution in [1.29, 1.82) is 0 Å². The molecule has 30 heavy (non-hydrogen) atoms. The van der Waals surface area contributed by atoms with Crippen LogP contribution in [0.25, 0.3) is 10.8 Å². The van der Waals surface area contributed by atoms with Gasteiger partial charge in [0.05, 0.1) is 10.6 Å². The average Bonchev–Trinajstić information content (AvgIpc) is 3.22. The van der Waals surface area contributed by atoms with E-state index in [1.807, 2.05) is 19.1 Å². The van der Waals surface area contributed by atoms with Gasteiger partial charge in [-0.1, -0.05) is 17.7 Å². The van der Waals surface area contributed by atoms with Crippen molar-refractivity contribution < 1.29 is 8.42 Å². The van der Waals surface area contributed by atoms with Gasteiger partial charge in [0.1, 0.15) is 0 Å². The second-order valence-corrected chi connectivity index (χ2v) is 10.2. The molecule has 1 unspecified atom stereocenters. The van der Waals surface area contributed by atoms with Crippen molar-refractivity contribution in [1.82, 2.24) is 24.6 Å². The molecule has 7 nitrogen and oxygen atoms in total. The molecular weight excluding hydrogens is 418 g/mol. The lowest BCUT2D eigenvalue weighted by Crippen LogP contribution is -2.40. The summed E-state index contributed by atoms with van der Waals surface area (Å²) in [6, 6.07) is 8.74. The van der Waals surface area contributed by atoms with Crippen molar-refractivity contribution in [3.63, 3.8) is 0 Å². The van der Waals surface area contributed by atoms with E-state index in [0.29, 0.717) is 17.3 Å². The summed E-state index contributed by atoms with van der Waals surface area (Å²) >= 11 is 1.55. The number of nitrogens with one attached hydrogen (secondary N) is 1. The van der Waals surface area contributed by atoms with Gasteiger partial charge in [-0.05, 0) is 50.4 Å². The topological polar surface area (TPSA) is 88.1 Å². The standard InChI is InChI=1S/C21H25N5O2S2/c1-16-5-7-19(8-6-16)30(27,28)24-12-17-4-2-11-26(13-17)14-18-15-29-21(25-18)20-22-9-3-10-23-20/h3,5-10,15,17,24H,2,4,11-14H2,1H3. The normalized spacial score (nSPS) is 17.8. The Morgan fingerprint density at radius 2 is 1.97 bits per heavy atom. The van der Waals surface area contributed by atoms with Crippen molar-refractivity contribution in [2.24, 2.45) is 5.92 Å². The van der Waals surface area contributed by atoms with Crippen molar-refractivity contribution in [2.45, 2.75) is 31.2 Å². The van der Waals surface area contributed by atoms with E-state index in [4.69, 9.17) is 0 Å². The van der Waals surface area contributed by atoms with Crippen molar-refractivity contribution in [3.8, 4) is 10.8 Å². The number of aromatic nitrogens is 3. The molecule has 0 bridgehead atoms. The Labute approximate surface area is 181 Å². The first-order chi connectivity index (χ1) is 14.5. The number of sulfonamides is 1. The van der Waals surface area contributed by atoms with Crippen LogP contribution in [-0.4, -0.2) is 47.9 Å². The molecule has 4 rings (SSSR count). The molecule has 158 valence electrons. The number of rotatable bonds is 7. The number of likely N-dealkylation sites (tertiary alicyclic amines) is 1. The maximum atomic E-state index is 12.6. The van der Waals surface area contributed by atoms with Crippen LogP contribution in [0.1, 0.15) is 24.1 Å². The summed E-state index contributed by atoms with van der Waals surface area (Å²) in [5.74, 6) is 0.935. The van der Waals surface area contributed by atoms with Crippen molar-refractivity contribution >= 4 is 21.4 Å². The number of piperidine rings is 1. The number of hydrogen-bond acceptors (Lipinski definition) is 7. The average molecular weight is 444 g/mol. The van der Waals surface area contributed by atoms with Gasteiger partial charge in [-0.25, -0.2) is 28.1 Å². The van der Waals surface area contributed by atoms with Gasteiger partial charge in [0.25, 0.3) is 0 Å². The van der Waals surface area contributed by atoms with Crippen LogP contribution in [0.15, 0.2) is 53.0 Å². The molecule has 3 heterocycles. The Kier molecular flexibility index (Phi) is 6.52. The Morgan fingerprint density at radius 3 is 2.73 bits per heavy atom. The fourth-order valence-corrected chi connectivity index (χ4v) is 5.48. The van der Waals surface area contributed by atoms with Gasteiger partial charge in [0.2, 0.25) is 10.0 Å². The molecule has 1 fully saturated rings. The summed E-state index contributed by atoms with van der Waals surface area (Å²) in [6.45, 7) is 5.00. The third-order valence-electron chi connectivity index (χ3n) is 5.19. The molecule has 1 aromatic carbocycles. The maximum absolute atomic E-state index is 12.6. The van der Waals surface area contributed by atoms with Gasteiger partial charge in [0, 0.05) is 37.4 Å². The van der Waals surface area contributed by atoms with E-state index in [1.54, 1.807) is 41.9 Å². The molecule has 1 saturated heterocycles. The zero-order valence-corrected chi connectivity index (χ0v) is 18.5. The lowest BCUT2D eigenvalue weighted by molar-refractivity contribution is 0.167. The smallest absolute Gasteiger partial charge is 0.240 e. The first kappa shape index (κ1) is 21.0. The fourth-order valence-electron chi connectivity index (χ4n) is 3.61. The van der Waals surface area contributed by atoms with Gasteiger partial charge in [0.15, 0.2) is 10.8 Å². The summed E-state index contributed by atoms with van der Waals surface area (Å²) in [4.78, 5) is 15.8. The molecule has 0 saturated carbocycles. The van der Waals surface area contributed by atoms with Crippen LogP contribution >= 0.6 is 11.3 Å². The van der Waals surface area contributed by atoms with Gasteiger partial charge in [-0.2, -0.15) is 0 Å². The van der Waals surface area contributed by atoms with Crippen LogP contribution in [-0.2, 0) is 16.6 Å². The molecule has 0 amide bonds. The molecule has 3 aromatic rings. The SMILES string of the molecule is Cc1ccc(S(=O)(=O)NCC2CCCN(Cc3csc(-c4ncccn4)n3)C2)cc1. The Morgan fingerprint density at radius 1 is 1.20 bits per heavy atom. The molecule has 2 aromatic heterocycles. The van der Waals surface area contributed by atoms with E-state index in [-0.39, 0.29) is 5.92 Å². The predicted octanol–water partition coefficient (Wildman–Crippen LogP) is 3.10. The van der Waals surface area contributed by atoms with Crippen LogP contribution in [0.4, 0.5) is 0 Å². The highest BCUT2D eigenvalue weighted by molar-refractivity contribution is 7.89. The third kappa shape index (κ3) is 5.28. The minimum atomic E-state index is -3.47. The van der Waals surface area contributed by atoms with Gasteiger partial charge in [-0.3, -0.25) is 4.90 Å². The van der Waals surface area contributed by atoms with E-state index >= 15 is 0 Å². The molecule has 1 aliphatic rings. The van der Waals surface area contributed by atoms with Crippen LogP contribution in [0.3, 0.4) is 0 Å². The van der Waals surface area contributed by atoms with Gasteiger partial charge < -0.3 is 0 Å². The van der Waals surface area contributed by atoms with E-state index in [1.165, 1.54) is 0 Å². The summed E-state index contributed by atoms with van der Waals surface area (Å²) in [6.07, 6.45) is 5.51. The molecule has 1 atom stereocenters. The predicted molar refractivity (Wildman–Crippen MR) is 118 cm³/mol. The first-order valence-electron chi connectivity index (χ1n) is 10.00. The molecule has 0 radical (unpaired) electrons. The highest BCUT2D eigenvalue weighted by atomic mass is 32.2. The Balaban J connectivity index is 1.32. The van der Waals surface area contributed by atoms with Crippen LogP contribution in [0, 0.1) is 12.8 Å². The fraction of sp³-hybridized carbons (Fsp3) is 0.381. The minimum absolute atomic E-state index is 0.287. The first-order valence-corrected chi connectivity index (χ1v) is 12.4. The number of aryl methyl sites for hydroxylation is 1. The third-order valence-corrected chi connectivity index (χ3v) is 7.52. The number of thiazole rings is 1. The summed E-state index contributed by atoms with van der Waals surface area (Å²) < 4.78 is 27.9. The second-order valence-electron chi connectivity index (χ2n) is 7.62. The van der Waals surface area contributed by atoms with Gasteiger partial charge >= 0.3 is 0 Å². The quantitative estimate of drug-likeness (QED) is 0.604. The Hall–Kier alpha value is -2.20. The molecule has 0 aliphatic carbocycles. The lowest BCUT2D eigenvalue weighted by Gasteiger charge is -2.32. The van der Waals surface area contributed by atoms with Crippen LogP contribution in [0.2, 0.25) is 0 Å². The molecule has 1 N–H and O–H groups in total.